The van der Waals surface area contributed by atoms with Crippen LogP contribution >= 0.6 is 11.6 Å². The molecule has 0 aromatic heterocycles. The van der Waals surface area contributed by atoms with Crippen LogP contribution in [0.2, 0.25) is 5.02 Å². The van der Waals surface area contributed by atoms with E-state index in [1.165, 1.54) is 5.56 Å². The number of rotatable bonds is 7. The Morgan fingerprint density at radius 3 is 2.41 bits per heavy atom. The lowest BCUT2D eigenvalue weighted by Crippen LogP contribution is -2.30. The zero-order chi connectivity index (χ0) is 12.7. The molecule has 0 saturated heterocycles. The van der Waals surface area contributed by atoms with Crippen LogP contribution in [0.3, 0.4) is 0 Å². The van der Waals surface area contributed by atoms with Crippen LogP contribution in [0.4, 0.5) is 0 Å². The smallest absolute Gasteiger partial charge is 0.0671 e. The zero-order valence-electron chi connectivity index (χ0n) is 10.9. The van der Waals surface area contributed by atoms with Gasteiger partial charge < -0.3 is 10.1 Å². The summed E-state index contributed by atoms with van der Waals surface area (Å²) < 4.78 is 5.51. The number of hydrogen-bond donors (Lipinski definition) is 1. The third-order valence-electron chi connectivity index (χ3n) is 2.78. The summed E-state index contributed by atoms with van der Waals surface area (Å²) in [6.45, 7) is 7.92. The molecule has 96 valence electrons. The Kier molecular flexibility index (Phi) is 6.56. The largest absolute Gasteiger partial charge is 0.377 e. The van der Waals surface area contributed by atoms with Crippen molar-refractivity contribution in [3.63, 3.8) is 0 Å². The molecule has 0 spiro atoms. The van der Waals surface area contributed by atoms with Crippen molar-refractivity contribution in [2.75, 3.05) is 13.2 Å². The Hall–Kier alpha value is -0.570. The second kappa shape index (κ2) is 7.70. The highest BCUT2D eigenvalue weighted by Crippen LogP contribution is 2.19. The summed E-state index contributed by atoms with van der Waals surface area (Å²) in [6, 6.07) is 8.40. The molecule has 0 aliphatic rings. The normalized spacial score (nSPS) is 14.6. The van der Waals surface area contributed by atoms with E-state index >= 15 is 0 Å². The van der Waals surface area contributed by atoms with Crippen LogP contribution in [0.5, 0.6) is 0 Å². The first-order valence-corrected chi connectivity index (χ1v) is 6.65. The van der Waals surface area contributed by atoms with Gasteiger partial charge in [0.25, 0.3) is 0 Å². The molecular weight excluding hydrogens is 234 g/mol. The Labute approximate surface area is 109 Å². The molecule has 0 amide bonds. The monoisotopic (exact) mass is 255 g/mol. The first-order valence-electron chi connectivity index (χ1n) is 6.27. The standard InChI is InChI=1S/C14H22ClNO/c1-4-14(16-10-11(3)17-5-2)12-6-8-13(15)9-7-12/h6-9,11,14,16H,4-5,10H2,1-3H3. The van der Waals surface area contributed by atoms with Crippen molar-refractivity contribution in [1.82, 2.24) is 5.32 Å². The van der Waals surface area contributed by atoms with E-state index in [1.54, 1.807) is 0 Å². The molecule has 2 unspecified atom stereocenters. The molecular formula is C14H22ClNO. The van der Waals surface area contributed by atoms with Gasteiger partial charge in [-0.2, -0.15) is 0 Å². The summed E-state index contributed by atoms with van der Waals surface area (Å²) in [5, 5.41) is 4.31. The minimum absolute atomic E-state index is 0.251. The fourth-order valence-corrected chi connectivity index (χ4v) is 1.97. The average Bonchev–Trinajstić information content (AvgIpc) is 2.32. The van der Waals surface area contributed by atoms with Crippen molar-refractivity contribution >= 4 is 11.6 Å². The summed E-state index contributed by atoms with van der Waals surface area (Å²) in [4.78, 5) is 0. The van der Waals surface area contributed by atoms with Gasteiger partial charge >= 0.3 is 0 Å². The first-order chi connectivity index (χ1) is 8.17. The van der Waals surface area contributed by atoms with E-state index in [2.05, 4.69) is 31.3 Å². The molecule has 1 rings (SSSR count). The zero-order valence-corrected chi connectivity index (χ0v) is 11.6. The summed E-state index contributed by atoms with van der Waals surface area (Å²) >= 11 is 5.89. The van der Waals surface area contributed by atoms with Gasteiger partial charge in [-0.3, -0.25) is 0 Å². The van der Waals surface area contributed by atoms with Crippen LogP contribution in [0.15, 0.2) is 24.3 Å². The summed E-state index contributed by atoms with van der Waals surface area (Å²) in [6.07, 6.45) is 1.31. The molecule has 2 atom stereocenters. The first kappa shape index (κ1) is 14.5. The van der Waals surface area contributed by atoms with Crippen LogP contribution in [0, 0.1) is 0 Å². The third kappa shape index (κ3) is 5.07. The van der Waals surface area contributed by atoms with Gasteiger partial charge in [-0.1, -0.05) is 30.7 Å². The molecule has 3 heteroatoms. The Morgan fingerprint density at radius 2 is 1.88 bits per heavy atom. The van der Waals surface area contributed by atoms with Gasteiger partial charge in [0.05, 0.1) is 6.10 Å². The number of benzene rings is 1. The van der Waals surface area contributed by atoms with E-state index in [0.717, 1.165) is 24.6 Å². The van der Waals surface area contributed by atoms with Crippen LogP contribution in [0.25, 0.3) is 0 Å². The van der Waals surface area contributed by atoms with Gasteiger partial charge in [-0.15, -0.1) is 0 Å². The Balaban J connectivity index is 2.51. The van der Waals surface area contributed by atoms with Crippen molar-refractivity contribution in [1.29, 1.82) is 0 Å². The molecule has 1 aromatic carbocycles. The van der Waals surface area contributed by atoms with Crippen LogP contribution < -0.4 is 5.32 Å². The van der Waals surface area contributed by atoms with Gasteiger partial charge in [-0.05, 0) is 38.0 Å². The van der Waals surface area contributed by atoms with E-state index < -0.39 is 0 Å². The highest BCUT2D eigenvalue weighted by atomic mass is 35.5. The van der Waals surface area contributed by atoms with E-state index in [0.29, 0.717) is 6.04 Å². The van der Waals surface area contributed by atoms with Gasteiger partial charge in [-0.25, -0.2) is 0 Å². The van der Waals surface area contributed by atoms with Crippen molar-refractivity contribution in [3.05, 3.63) is 34.9 Å². The Bertz CT molecular complexity index is 313. The van der Waals surface area contributed by atoms with E-state index in [1.807, 2.05) is 19.1 Å². The quantitative estimate of drug-likeness (QED) is 0.800. The maximum absolute atomic E-state index is 5.89. The average molecular weight is 256 g/mol. The molecule has 0 radical (unpaired) electrons. The molecule has 17 heavy (non-hydrogen) atoms. The highest BCUT2D eigenvalue weighted by Gasteiger charge is 2.10. The van der Waals surface area contributed by atoms with Crippen molar-refractivity contribution in [2.45, 2.75) is 39.3 Å². The van der Waals surface area contributed by atoms with E-state index in [-0.39, 0.29) is 6.10 Å². The van der Waals surface area contributed by atoms with Gasteiger partial charge in [0.2, 0.25) is 0 Å². The molecule has 0 saturated carbocycles. The molecule has 0 bridgehead atoms. The molecule has 0 heterocycles. The lowest BCUT2D eigenvalue weighted by molar-refractivity contribution is 0.0738. The minimum atomic E-state index is 0.251. The van der Waals surface area contributed by atoms with Crippen LogP contribution in [0.1, 0.15) is 38.8 Å². The molecule has 0 aliphatic heterocycles. The number of nitrogens with one attached hydrogen (secondary N) is 1. The fraction of sp³-hybridized carbons (Fsp3) is 0.571. The maximum atomic E-state index is 5.89. The molecule has 1 N–H and O–H groups in total. The SMILES string of the molecule is CCOC(C)CNC(CC)c1ccc(Cl)cc1. The van der Waals surface area contributed by atoms with Crippen molar-refractivity contribution in [2.24, 2.45) is 0 Å². The topological polar surface area (TPSA) is 21.3 Å². The van der Waals surface area contributed by atoms with Crippen molar-refractivity contribution in [3.8, 4) is 0 Å². The van der Waals surface area contributed by atoms with Gasteiger partial charge in [0, 0.05) is 24.2 Å². The second-order valence-corrected chi connectivity index (χ2v) is 4.62. The lowest BCUT2D eigenvalue weighted by atomic mass is 10.0. The fourth-order valence-electron chi connectivity index (χ4n) is 1.84. The van der Waals surface area contributed by atoms with Crippen molar-refractivity contribution < 1.29 is 4.74 Å². The Morgan fingerprint density at radius 1 is 1.24 bits per heavy atom. The second-order valence-electron chi connectivity index (χ2n) is 4.19. The number of hydrogen-bond acceptors (Lipinski definition) is 2. The summed E-state index contributed by atoms with van der Waals surface area (Å²) in [5.74, 6) is 0. The number of ether oxygens (including phenoxy) is 1. The van der Waals surface area contributed by atoms with Crippen LogP contribution in [-0.2, 0) is 4.74 Å². The van der Waals surface area contributed by atoms with E-state index in [9.17, 15) is 0 Å². The van der Waals surface area contributed by atoms with E-state index in [4.69, 9.17) is 16.3 Å². The molecule has 2 nitrogen and oxygen atoms in total. The number of halogens is 1. The van der Waals surface area contributed by atoms with Crippen LogP contribution in [-0.4, -0.2) is 19.3 Å². The molecule has 1 aromatic rings. The van der Waals surface area contributed by atoms with Gasteiger partial charge in [0.1, 0.15) is 0 Å². The third-order valence-corrected chi connectivity index (χ3v) is 3.04. The van der Waals surface area contributed by atoms with Gasteiger partial charge in [0.15, 0.2) is 0 Å². The summed E-state index contributed by atoms with van der Waals surface area (Å²) in [7, 11) is 0. The minimum Gasteiger partial charge on any atom is -0.377 e. The molecule has 0 aliphatic carbocycles. The lowest BCUT2D eigenvalue weighted by Gasteiger charge is -2.20. The predicted octanol–water partition coefficient (Wildman–Crippen LogP) is 3.81. The summed E-state index contributed by atoms with van der Waals surface area (Å²) in [5.41, 5.74) is 1.28. The predicted molar refractivity (Wildman–Crippen MR) is 73.6 cm³/mol. The molecule has 0 fully saturated rings. The highest BCUT2D eigenvalue weighted by molar-refractivity contribution is 6.30. The maximum Gasteiger partial charge on any atom is 0.0671 e.